The van der Waals surface area contributed by atoms with Gasteiger partial charge in [0.2, 0.25) is 0 Å². The van der Waals surface area contributed by atoms with E-state index in [9.17, 15) is 9.90 Å². The monoisotopic (exact) mass is 482 g/mol. The molecule has 2 aromatic rings. The molecule has 0 unspecified atom stereocenters. The van der Waals surface area contributed by atoms with Crippen molar-refractivity contribution in [2.24, 2.45) is 5.41 Å². The van der Waals surface area contributed by atoms with Gasteiger partial charge in [-0.1, -0.05) is 38.1 Å². The summed E-state index contributed by atoms with van der Waals surface area (Å²) in [5.41, 5.74) is 4.96. The zero-order valence-electron chi connectivity index (χ0n) is 18.4. The third-order valence-electron chi connectivity index (χ3n) is 7.68. The number of rotatable bonds is 5. The van der Waals surface area contributed by atoms with E-state index in [0.29, 0.717) is 33.5 Å². The summed E-state index contributed by atoms with van der Waals surface area (Å²) in [5.74, 6) is -0.321. The highest BCUT2D eigenvalue weighted by Crippen LogP contribution is 2.54. The van der Waals surface area contributed by atoms with E-state index in [0.717, 1.165) is 18.8 Å². The summed E-state index contributed by atoms with van der Waals surface area (Å²) in [5, 5.41) is 9.23. The maximum atomic E-state index is 11.2. The van der Waals surface area contributed by atoms with Crippen LogP contribution in [0.5, 0.6) is 0 Å². The summed E-state index contributed by atoms with van der Waals surface area (Å²) >= 11 is 3.41. The minimum atomic E-state index is -0.889. The van der Waals surface area contributed by atoms with E-state index in [-0.39, 0.29) is 0 Å². The third-order valence-corrected chi connectivity index (χ3v) is 8.33. The van der Waals surface area contributed by atoms with Gasteiger partial charge in [0.1, 0.15) is 0 Å². The van der Waals surface area contributed by atoms with Crippen molar-refractivity contribution in [1.82, 2.24) is 4.90 Å². The molecule has 0 aromatic heterocycles. The van der Waals surface area contributed by atoms with Crippen molar-refractivity contribution >= 4 is 27.6 Å². The van der Waals surface area contributed by atoms with Crippen LogP contribution in [0, 0.1) is 5.41 Å². The van der Waals surface area contributed by atoms with Crippen LogP contribution in [-0.4, -0.2) is 41.7 Å². The molecule has 2 heterocycles. The van der Waals surface area contributed by atoms with Gasteiger partial charge < -0.3 is 10.0 Å². The standard InChI is InChI=1S/C26H31BrN2O2/c1-17(2)20-6-3-4-7-21(20)24-8-5-11-29(24)19-13-26(14-19)15-28(16-26)18-9-10-22(25(30)31)23(27)12-18/h3-4,6-7,9-10,12,17,19,24H,5,8,11,13-16H2,1-2H3,(H,30,31)/t24-/m0/s1. The number of benzene rings is 2. The van der Waals surface area contributed by atoms with Gasteiger partial charge in [-0.05, 0) is 83.4 Å². The Morgan fingerprint density at radius 2 is 1.90 bits per heavy atom. The Bertz CT molecular complexity index is 991. The molecule has 0 radical (unpaired) electrons. The number of hydrogen-bond acceptors (Lipinski definition) is 3. The van der Waals surface area contributed by atoms with Crippen molar-refractivity contribution in [2.45, 2.75) is 57.5 Å². The van der Waals surface area contributed by atoms with Crippen molar-refractivity contribution in [1.29, 1.82) is 0 Å². The van der Waals surface area contributed by atoms with Crippen LogP contribution in [0.25, 0.3) is 0 Å². The lowest BCUT2D eigenvalue weighted by molar-refractivity contribution is -0.0257. The molecule has 3 aliphatic rings. The van der Waals surface area contributed by atoms with Crippen LogP contribution in [0.1, 0.15) is 73.0 Å². The lowest BCUT2D eigenvalue weighted by Crippen LogP contribution is -2.66. The van der Waals surface area contributed by atoms with E-state index < -0.39 is 5.97 Å². The van der Waals surface area contributed by atoms with E-state index >= 15 is 0 Å². The zero-order chi connectivity index (χ0) is 21.8. The Kier molecular flexibility index (Phi) is 5.38. The smallest absolute Gasteiger partial charge is 0.336 e. The minimum absolute atomic E-state index is 0.324. The van der Waals surface area contributed by atoms with Crippen LogP contribution in [0.3, 0.4) is 0 Å². The number of likely N-dealkylation sites (tertiary alicyclic amines) is 1. The van der Waals surface area contributed by atoms with Gasteiger partial charge >= 0.3 is 5.97 Å². The Balaban J connectivity index is 1.23. The van der Waals surface area contributed by atoms with Crippen molar-refractivity contribution < 1.29 is 9.90 Å². The van der Waals surface area contributed by atoms with Crippen LogP contribution in [-0.2, 0) is 0 Å². The predicted octanol–water partition coefficient (Wildman–Crippen LogP) is 6.08. The Labute approximate surface area is 193 Å². The maximum absolute atomic E-state index is 11.2. The van der Waals surface area contributed by atoms with E-state index in [1.54, 1.807) is 11.6 Å². The molecule has 5 heteroatoms. The first-order valence-electron chi connectivity index (χ1n) is 11.5. The normalized spacial score (nSPS) is 23.2. The number of anilines is 1. The van der Waals surface area contributed by atoms with Gasteiger partial charge in [0.25, 0.3) is 0 Å². The molecule has 0 bridgehead atoms. The second-order valence-corrected chi connectivity index (χ2v) is 10.9. The summed E-state index contributed by atoms with van der Waals surface area (Å²) in [7, 11) is 0. The highest BCUT2D eigenvalue weighted by Gasteiger charge is 2.55. The first-order chi connectivity index (χ1) is 14.9. The van der Waals surface area contributed by atoms with E-state index in [1.165, 1.54) is 37.8 Å². The highest BCUT2D eigenvalue weighted by molar-refractivity contribution is 9.10. The summed E-state index contributed by atoms with van der Waals surface area (Å²) < 4.78 is 0.661. The second kappa shape index (κ2) is 7.93. The van der Waals surface area contributed by atoms with E-state index in [1.807, 2.05) is 12.1 Å². The topological polar surface area (TPSA) is 43.8 Å². The second-order valence-electron chi connectivity index (χ2n) is 10.1. The van der Waals surface area contributed by atoms with Crippen LogP contribution < -0.4 is 4.90 Å². The number of carboxylic acids is 1. The van der Waals surface area contributed by atoms with Gasteiger partial charge in [-0.15, -0.1) is 0 Å². The van der Waals surface area contributed by atoms with Gasteiger partial charge in [-0.25, -0.2) is 4.79 Å². The molecule has 1 spiro atoms. The molecule has 2 aliphatic heterocycles. The van der Waals surface area contributed by atoms with Crippen LogP contribution in [0.15, 0.2) is 46.9 Å². The number of halogens is 1. The van der Waals surface area contributed by atoms with Gasteiger partial charge in [0.15, 0.2) is 0 Å². The molecule has 3 fully saturated rings. The van der Waals surface area contributed by atoms with Crippen LogP contribution in [0.2, 0.25) is 0 Å². The Morgan fingerprint density at radius 1 is 1.16 bits per heavy atom. The molecule has 1 aliphatic carbocycles. The molecule has 31 heavy (non-hydrogen) atoms. The predicted molar refractivity (Wildman–Crippen MR) is 128 cm³/mol. The van der Waals surface area contributed by atoms with Gasteiger partial charge in [0.05, 0.1) is 5.56 Å². The Morgan fingerprint density at radius 3 is 2.58 bits per heavy atom. The van der Waals surface area contributed by atoms with Crippen molar-refractivity contribution in [3.05, 3.63) is 63.6 Å². The highest BCUT2D eigenvalue weighted by atomic mass is 79.9. The van der Waals surface area contributed by atoms with Gasteiger partial charge in [-0.3, -0.25) is 4.90 Å². The molecule has 2 aromatic carbocycles. The van der Waals surface area contributed by atoms with Crippen LogP contribution >= 0.6 is 15.9 Å². The number of hydrogen-bond donors (Lipinski definition) is 1. The number of aromatic carboxylic acids is 1. The summed E-state index contributed by atoms with van der Waals surface area (Å²) in [6.07, 6.45) is 5.16. The SMILES string of the molecule is CC(C)c1ccccc1[C@@H]1CCCN1C1CC2(C1)CN(c1ccc(C(=O)O)c(Br)c1)C2. The summed E-state index contributed by atoms with van der Waals surface area (Å²) in [6, 6.07) is 15.9. The minimum Gasteiger partial charge on any atom is -0.478 e. The fourth-order valence-electron chi connectivity index (χ4n) is 6.15. The Hall–Kier alpha value is -1.85. The van der Waals surface area contributed by atoms with Crippen LogP contribution in [0.4, 0.5) is 5.69 Å². The van der Waals surface area contributed by atoms with Crippen molar-refractivity contribution in [2.75, 3.05) is 24.5 Å². The average molecular weight is 483 g/mol. The molecule has 0 amide bonds. The molecule has 2 saturated heterocycles. The maximum Gasteiger partial charge on any atom is 0.336 e. The summed E-state index contributed by atoms with van der Waals surface area (Å²) in [4.78, 5) is 16.4. The molecular weight excluding hydrogens is 452 g/mol. The van der Waals surface area contributed by atoms with E-state index in [2.05, 4.69) is 63.8 Å². The molecule has 1 saturated carbocycles. The number of carbonyl (C=O) groups is 1. The fraction of sp³-hybridized carbons (Fsp3) is 0.500. The van der Waals surface area contributed by atoms with Crippen molar-refractivity contribution in [3.63, 3.8) is 0 Å². The van der Waals surface area contributed by atoms with E-state index in [4.69, 9.17) is 0 Å². The molecule has 4 nitrogen and oxygen atoms in total. The average Bonchev–Trinajstić information content (AvgIpc) is 3.15. The lowest BCUT2D eigenvalue weighted by Gasteiger charge is -2.62. The fourth-order valence-corrected chi connectivity index (χ4v) is 6.69. The first kappa shape index (κ1) is 21.0. The number of carboxylic acid groups (broad SMARTS) is 1. The quantitative estimate of drug-likeness (QED) is 0.560. The van der Waals surface area contributed by atoms with Gasteiger partial charge in [-0.2, -0.15) is 0 Å². The van der Waals surface area contributed by atoms with Crippen molar-refractivity contribution in [3.8, 4) is 0 Å². The molecular formula is C26H31BrN2O2. The summed E-state index contributed by atoms with van der Waals surface area (Å²) in [6.45, 7) is 8.01. The zero-order valence-corrected chi connectivity index (χ0v) is 19.9. The molecule has 1 atom stereocenters. The first-order valence-corrected chi connectivity index (χ1v) is 12.3. The third kappa shape index (κ3) is 3.70. The lowest BCUT2D eigenvalue weighted by atomic mass is 9.60. The molecule has 164 valence electrons. The molecule has 1 N–H and O–H groups in total. The van der Waals surface area contributed by atoms with Gasteiger partial charge in [0, 0.05) is 40.7 Å². The number of nitrogens with zero attached hydrogens (tertiary/aromatic N) is 2. The largest absolute Gasteiger partial charge is 0.478 e. The molecule has 5 rings (SSSR count).